The van der Waals surface area contributed by atoms with Crippen molar-refractivity contribution in [2.45, 2.75) is 0 Å². The molecule has 15 heavy (non-hydrogen) atoms. The minimum Gasteiger partial charge on any atom is -0.389 e. The number of rotatable bonds is 2. The predicted octanol–water partition coefficient (Wildman–Crippen LogP) is 3.88. The number of nitrogens with two attached hydrogens (primary N) is 1. The van der Waals surface area contributed by atoms with Gasteiger partial charge in [-0.3, -0.25) is 0 Å². The number of nitrogens with one attached hydrogen (secondary N) is 1. The summed E-state index contributed by atoms with van der Waals surface area (Å²) in [6, 6.07) is 5.58. The maximum absolute atomic E-state index is 5.88. The monoisotopic (exact) mass is 303 g/mol. The molecule has 0 bridgehead atoms. The van der Waals surface area contributed by atoms with Crippen LogP contribution in [0.2, 0.25) is 5.02 Å². The summed E-state index contributed by atoms with van der Waals surface area (Å²) in [5, 5.41) is 5.26. The molecule has 1 aromatic carbocycles. The lowest BCUT2D eigenvalue weighted by Crippen LogP contribution is -1.88. The third-order valence-corrected chi connectivity index (χ3v) is 3.65. The molecule has 0 saturated carbocycles. The second-order valence-corrected chi connectivity index (χ2v) is 5.15. The summed E-state index contributed by atoms with van der Waals surface area (Å²) >= 11 is 10.6. The quantitative estimate of drug-likeness (QED) is 0.885. The van der Waals surface area contributed by atoms with Gasteiger partial charge in [0.05, 0.1) is 11.2 Å². The summed E-state index contributed by atoms with van der Waals surface area (Å²) < 4.78 is 0.846. The van der Waals surface area contributed by atoms with Gasteiger partial charge in [0.25, 0.3) is 0 Å². The number of benzene rings is 1. The molecule has 78 valence electrons. The number of halogens is 2. The molecule has 0 aliphatic heterocycles. The Morgan fingerprint density at radius 1 is 1.47 bits per heavy atom. The summed E-state index contributed by atoms with van der Waals surface area (Å²) in [5.41, 5.74) is 6.49. The van der Waals surface area contributed by atoms with Crippen molar-refractivity contribution in [2.75, 3.05) is 11.1 Å². The molecule has 1 heterocycles. The third-order valence-electron chi connectivity index (χ3n) is 1.69. The highest BCUT2D eigenvalue weighted by atomic mass is 79.9. The van der Waals surface area contributed by atoms with E-state index in [1.54, 1.807) is 6.20 Å². The van der Waals surface area contributed by atoms with E-state index in [2.05, 4.69) is 26.2 Å². The van der Waals surface area contributed by atoms with Crippen LogP contribution in [0, 0.1) is 0 Å². The van der Waals surface area contributed by atoms with Crippen LogP contribution in [-0.4, -0.2) is 4.98 Å². The number of hydrogen-bond acceptors (Lipinski definition) is 4. The first-order chi connectivity index (χ1) is 7.15. The van der Waals surface area contributed by atoms with Crippen LogP contribution >= 0.6 is 38.9 Å². The van der Waals surface area contributed by atoms with Gasteiger partial charge >= 0.3 is 0 Å². The molecule has 0 aliphatic rings. The molecule has 0 fully saturated rings. The van der Waals surface area contributed by atoms with Gasteiger partial charge in [0, 0.05) is 10.2 Å². The van der Waals surface area contributed by atoms with Gasteiger partial charge in [-0.15, -0.1) is 0 Å². The average Bonchev–Trinajstić information content (AvgIpc) is 2.58. The van der Waals surface area contributed by atoms with Crippen molar-refractivity contribution in [3.8, 4) is 0 Å². The Kier molecular flexibility index (Phi) is 3.14. The molecule has 2 rings (SSSR count). The fourth-order valence-electron chi connectivity index (χ4n) is 1.04. The summed E-state index contributed by atoms with van der Waals surface area (Å²) in [5.74, 6) is 0. The molecule has 2 aromatic rings. The highest BCUT2D eigenvalue weighted by Gasteiger charge is 2.02. The number of hydrogen-bond donors (Lipinski definition) is 2. The van der Waals surface area contributed by atoms with Gasteiger partial charge in [0.15, 0.2) is 5.13 Å². The van der Waals surface area contributed by atoms with Gasteiger partial charge in [0.1, 0.15) is 5.00 Å². The van der Waals surface area contributed by atoms with Gasteiger partial charge in [-0.1, -0.05) is 22.9 Å². The molecule has 3 N–H and O–H groups in total. The zero-order valence-electron chi connectivity index (χ0n) is 7.50. The summed E-state index contributed by atoms with van der Waals surface area (Å²) in [4.78, 5) is 4.10. The molecule has 0 spiro atoms. The van der Waals surface area contributed by atoms with Crippen LogP contribution in [0.3, 0.4) is 0 Å². The zero-order valence-corrected chi connectivity index (χ0v) is 10.7. The Morgan fingerprint density at radius 3 is 2.87 bits per heavy atom. The third kappa shape index (κ3) is 2.62. The van der Waals surface area contributed by atoms with Crippen molar-refractivity contribution in [3.05, 3.63) is 33.9 Å². The largest absolute Gasteiger partial charge is 0.389 e. The summed E-state index contributed by atoms with van der Waals surface area (Å²) in [7, 11) is 0. The van der Waals surface area contributed by atoms with E-state index in [0.717, 1.165) is 15.3 Å². The molecular weight excluding hydrogens is 298 g/mol. The summed E-state index contributed by atoms with van der Waals surface area (Å²) in [6.45, 7) is 0. The predicted molar refractivity (Wildman–Crippen MR) is 69.0 cm³/mol. The van der Waals surface area contributed by atoms with Crippen molar-refractivity contribution in [2.24, 2.45) is 0 Å². The number of anilines is 3. The Hall–Kier alpha value is -0.780. The second-order valence-electron chi connectivity index (χ2n) is 2.82. The molecule has 0 saturated heterocycles. The van der Waals surface area contributed by atoms with Gasteiger partial charge in [0.2, 0.25) is 0 Å². The van der Waals surface area contributed by atoms with Crippen LogP contribution in [0.1, 0.15) is 0 Å². The second kappa shape index (κ2) is 4.38. The molecule has 1 aromatic heterocycles. The van der Waals surface area contributed by atoms with Crippen molar-refractivity contribution in [1.29, 1.82) is 0 Å². The SMILES string of the molecule is Nc1cnc(Nc2ccc(Cl)c(Br)c2)s1. The van der Waals surface area contributed by atoms with Crippen LogP contribution in [0.15, 0.2) is 28.9 Å². The minimum atomic E-state index is 0.680. The van der Waals surface area contributed by atoms with Gasteiger partial charge < -0.3 is 11.1 Å². The van der Waals surface area contributed by atoms with Gasteiger partial charge in [-0.2, -0.15) is 0 Å². The smallest absolute Gasteiger partial charge is 0.189 e. The molecule has 0 aliphatic carbocycles. The lowest BCUT2D eigenvalue weighted by Gasteiger charge is -2.03. The fraction of sp³-hybridized carbons (Fsp3) is 0. The number of thiazole rings is 1. The Labute approximate surface area is 104 Å². The first-order valence-electron chi connectivity index (χ1n) is 4.08. The molecule has 3 nitrogen and oxygen atoms in total. The molecule has 0 radical (unpaired) electrons. The van der Waals surface area contributed by atoms with Crippen LogP contribution in [0.25, 0.3) is 0 Å². The summed E-state index contributed by atoms with van der Waals surface area (Å²) in [6.07, 6.45) is 1.62. The van der Waals surface area contributed by atoms with E-state index in [0.29, 0.717) is 10.0 Å². The standard InChI is InChI=1S/C9H7BrClN3S/c10-6-3-5(1-2-7(6)11)14-9-13-4-8(12)15-9/h1-4H,12H2,(H,13,14). The number of nitrogens with zero attached hydrogens (tertiary/aromatic N) is 1. The number of aromatic nitrogens is 1. The Balaban J connectivity index is 2.21. The van der Waals surface area contributed by atoms with Crippen molar-refractivity contribution in [3.63, 3.8) is 0 Å². The first kappa shape index (κ1) is 10.7. The van der Waals surface area contributed by atoms with Crippen LogP contribution in [-0.2, 0) is 0 Å². The maximum atomic E-state index is 5.88. The van der Waals surface area contributed by atoms with Gasteiger partial charge in [-0.25, -0.2) is 4.98 Å². The molecule has 0 atom stereocenters. The normalized spacial score (nSPS) is 10.3. The number of nitrogen functional groups attached to an aromatic ring is 1. The van der Waals surface area contributed by atoms with Crippen LogP contribution in [0.4, 0.5) is 15.8 Å². The molecule has 0 unspecified atom stereocenters. The van der Waals surface area contributed by atoms with Crippen molar-refractivity contribution in [1.82, 2.24) is 4.98 Å². The molecular formula is C9H7BrClN3S. The van der Waals surface area contributed by atoms with E-state index in [-0.39, 0.29) is 0 Å². The lowest BCUT2D eigenvalue weighted by atomic mass is 10.3. The maximum Gasteiger partial charge on any atom is 0.189 e. The Morgan fingerprint density at radius 2 is 2.27 bits per heavy atom. The van der Waals surface area contributed by atoms with Gasteiger partial charge in [-0.05, 0) is 34.1 Å². The lowest BCUT2D eigenvalue weighted by molar-refractivity contribution is 1.39. The van der Waals surface area contributed by atoms with Crippen LogP contribution in [0.5, 0.6) is 0 Å². The highest BCUT2D eigenvalue weighted by Crippen LogP contribution is 2.29. The Bertz CT molecular complexity index is 486. The van der Waals surface area contributed by atoms with E-state index in [1.807, 2.05) is 18.2 Å². The van der Waals surface area contributed by atoms with Crippen LogP contribution < -0.4 is 11.1 Å². The fourth-order valence-corrected chi connectivity index (χ4v) is 2.14. The minimum absolute atomic E-state index is 0.680. The van der Waals surface area contributed by atoms with E-state index < -0.39 is 0 Å². The van der Waals surface area contributed by atoms with Crippen molar-refractivity contribution < 1.29 is 0 Å². The van der Waals surface area contributed by atoms with E-state index in [1.165, 1.54) is 11.3 Å². The van der Waals surface area contributed by atoms with E-state index in [9.17, 15) is 0 Å². The first-order valence-corrected chi connectivity index (χ1v) is 6.07. The molecule has 0 amide bonds. The topological polar surface area (TPSA) is 50.9 Å². The average molecular weight is 305 g/mol. The molecule has 6 heteroatoms. The highest BCUT2D eigenvalue weighted by molar-refractivity contribution is 9.10. The zero-order chi connectivity index (χ0) is 10.8. The van der Waals surface area contributed by atoms with Crippen molar-refractivity contribution >= 4 is 54.7 Å². The van der Waals surface area contributed by atoms with E-state index >= 15 is 0 Å². The van der Waals surface area contributed by atoms with E-state index in [4.69, 9.17) is 17.3 Å².